The van der Waals surface area contributed by atoms with Crippen molar-refractivity contribution in [1.29, 1.82) is 0 Å². The van der Waals surface area contributed by atoms with Crippen molar-refractivity contribution in [2.45, 2.75) is 89.1 Å². The van der Waals surface area contributed by atoms with Gasteiger partial charge in [-0.3, -0.25) is 4.79 Å². The van der Waals surface area contributed by atoms with Gasteiger partial charge in [-0.05, 0) is 80.0 Å². The highest BCUT2D eigenvalue weighted by Gasteiger charge is 2.82. The van der Waals surface area contributed by atoms with E-state index in [-0.39, 0.29) is 22.2 Å². The van der Waals surface area contributed by atoms with Gasteiger partial charge in [0.15, 0.2) is 6.29 Å². The van der Waals surface area contributed by atoms with Crippen LogP contribution in [0.1, 0.15) is 71.6 Å². The average molecular weight is 387 g/mol. The van der Waals surface area contributed by atoms with E-state index in [9.17, 15) is 15.0 Å². The molecule has 2 N–H and O–H groups in total. The molecule has 1 aliphatic heterocycles. The Morgan fingerprint density at radius 1 is 0.964 bits per heavy atom. The molecule has 0 unspecified atom stereocenters. The van der Waals surface area contributed by atoms with Crippen LogP contribution in [0, 0.1) is 52.3 Å². The molecular formula is C24H34O4. The van der Waals surface area contributed by atoms with Crippen LogP contribution in [0.5, 0.6) is 0 Å². The van der Waals surface area contributed by atoms with Crippen molar-refractivity contribution in [3.63, 3.8) is 0 Å². The molecule has 154 valence electrons. The maximum atomic E-state index is 12.3. The fourth-order valence-corrected chi connectivity index (χ4v) is 10.5. The molecule has 4 heteroatoms. The van der Waals surface area contributed by atoms with E-state index in [0.29, 0.717) is 48.3 Å². The van der Waals surface area contributed by atoms with Crippen LogP contribution in [0.3, 0.4) is 0 Å². The van der Waals surface area contributed by atoms with E-state index in [1.165, 1.54) is 6.42 Å². The maximum absolute atomic E-state index is 12.3. The molecule has 28 heavy (non-hydrogen) atoms. The van der Waals surface area contributed by atoms with Gasteiger partial charge in [0.2, 0.25) is 0 Å². The summed E-state index contributed by atoms with van der Waals surface area (Å²) in [7, 11) is 0. The van der Waals surface area contributed by atoms with Crippen LogP contribution in [0.25, 0.3) is 0 Å². The van der Waals surface area contributed by atoms with Crippen LogP contribution in [-0.4, -0.2) is 33.5 Å². The summed E-state index contributed by atoms with van der Waals surface area (Å²) in [5, 5.41) is 22.1. The Labute approximate surface area is 167 Å². The third kappa shape index (κ3) is 1.62. The van der Waals surface area contributed by atoms with Crippen LogP contribution >= 0.6 is 0 Å². The number of Topliss-reactive ketones (excluding diaryl/α,β-unsaturated/α-hetero) is 1. The Hall–Kier alpha value is -0.450. The van der Waals surface area contributed by atoms with Crippen LogP contribution in [0.15, 0.2) is 0 Å². The van der Waals surface area contributed by atoms with Crippen LogP contribution in [0.4, 0.5) is 0 Å². The number of hydrogen-bond donors (Lipinski definition) is 2. The lowest BCUT2D eigenvalue weighted by Gasteiger charge is -2.64. The minimum atomic E-state index is -0.749. The molecule has 0 radical (unpaired) electrons. The molecule has 6 saturated carbocycles. The Morgan fingerprint density at radius 3 is 2.50 bits per heavy atom. The van der Waals surface area contributed by atoms with Crippen molar-refractivity contribution in [1.82, 2.24) is 0 Å². The Kier molecular flexibility index (Phi) is 2.91. The first kappa shape index (κ1) is 17.3. The molecule has 7 aliphatic rings. The average Bonchev–Trinajstić information content (AvgIpc) is 3.54. The summed E-state index contributed by atoms with van der Waals surface area (Å²) in [5.41, 5.74) is -0.751. The minimum absolute atomic E-state index is 0.0890. The topological polar surface area (TPSA) is 66.8 Å². The first-order valence-corrected chi connectivity index (χ1v) is 11.9. The molecule has 7 rings (SSSR count). The largest absolute Gasteiger partial charge is 0.389 e. The van der Waals surface area contributed by atoms with Crippen molar-refractivity contribution in [3.05, 3.63) is 0 Å². The van der Waals surface area contributed by atoms with Crippen molar-refractivity contribution in [2.24, 2.45) is 52.3 Å². The summed E-state index contributed by atoms with van der Waals surface area (Å²) in [5.74, 6) is 4.58. The fourth-order valence-electron chi connectivity index (χ4n) is 10.5. The SMILES string of the molecule is C[C@]12CC[C@H]3[C@@H]([C@H]4C[C@H]4[C@]4(O)CC(=O)CC[C@]34C)[C@@H]1[C@@H]1C[C@@H]1[C@@]21CC[C@H](O)O1. The molecule has 0 aromatic carbocycles. The van der Waals surface area contributed by atoms with E-state index in [1.54, 1.807) is 0 Å². The van der Waals surface area contributed by atoms with Gasteiger partial charge >= 0.3 is 0 Å². The quantitative estimate of drug-likeness (QED) is 0.670. The fraction of sp³-hybridized carbons (Fsp3) is 0.958. The molecule has 0 aromatic rings. The molecule has 12 atom stereocenters. The smallest absolute Gasteiger partial charge is 0.155 e. The molecule has 0 bridgehead atoms. The van der Waals surface area contributed by atoms with Crippen molar-refractivity contribution in [3.8, 4) is 0 Å². The van der Waals surface area contributed by atoms with Crippen LogP contribution in [-0.2, 0) is 9.53 Å². The number of ether oxygens (including phenoxy) is 1. The highest BCUT2D eigenvalue weighted by molar-refractivity contribution is 5.81. The second-order valence-electron chi connectivity index (χ2n) is 12.2. The van der Waals surface area contributed by atoms with Crippen molar-refractivity contribution in [2.75, 3.05) is 0 Å². The van der Waals surface area contributed by atoms with E-state index < -0.39 is 11.9 Å². The third-order valence-corrected chi connectivity index (χ3v) is 11.7. The number of aliphatic hydroxyl groups is 2. The van der Waals surface area contributed by atoms with Crippen LogP contribution in [0.2, 0.25) is 0 Å². The Balaban J connectivity index is 1.32. The number of carbonyl (C=O) groups excluding carboxylic acids is 1. The second kappa shape index (κ2) is 4.73. The summed E-state index contributed by atoms with van der Waals surface area (Å²) in [6.07, 6.45) is 7.94. The molecular weight excluding hydrogens is 352 g/mol. The van der Waals surface area contributed by atoms with Gasteiger partial charge in [-0.15, -0.1) is 0 Å². The zero-order chi connectivity index (χ0) is 19.3. The normalized spacial score (nSPS) is 68.6. The van der Waals surface area contributed by atoms with E-state index in [1.807, 2.05) is 0 Å². The summed E-state index contributed by atoms with van der Waals surface area (Å²) in [6.45, 7) is 4.82. The summed E-state index contributed by atoms with van der Waals surface area (Å²) >= 11 is 0. The zero-order valence-corrected chi connectivity index (χ0v) is 17.2. The standard InChI is InChI=1S/C24H34O4/c1-21-6-3-12(25)11-23(21,27)16-9-13(16)19-15(21)4-7-22(2)20(19)14-10-17(14)24(22)8-5-18(26)28-24/h13-20,26-27H,3-11H2,1-2H3/t13-,14+,15-,16+,17-,18+,19+,20-,21+,22-,23+,24-/m0/s1. The summed E-state index contributed by atoms with van der Waals surface area (Å²) < 4.78 is 6.39. The van der Waals surface area contributed by atoms with Gasteiger partial charge in [0, 0.05) is 30.1 Å². The van der Waals surface area contributed by atoms with Gasteiger partial charge in [-0.1, -0.05) is 13.8 Å². The predicted octanol–water partition coefficient (Wildman–Crippen LogP) is 3.29. The van der Waals surface area contributed by atoms with Gasteiger partial charge in [0.05, 0.1) is 11.2 Å². The minimum Gasteiger partial charge on any atom is -0.389 e. The van der Waals surface area contributed by atoms with Gasteiger partial charge in [0.1, 0.15) is 5.78 Å². The predicted molar refractivity (Wildman–Crippen MR) is 102 cm³/mol. The van der Waals surface area contributed by atoms with Crippen molar-refractivity contribution < 1.29 is 19.7 Å². The lowest BCUT2D eigenvalue weighted by atomic mass is 9.42. The lowest BCUT2D eigenvalue weighted by molar-refractivity contribution is -0.238. The van der Waals surface area contributed by atoms with Gasteiger partial charge in [0.25, 0.3) is 0 Å². The number of rotatable bonds is 0. The van der Waals surface area contributed by atoms with E-state index >= 15 is 0 Å². The number of aliphatic hydroxyl groups excluding tert-OH is 1. The van der Waals surface area contributed by atoms with E-state index in [0.717, 1.165) is 44.4 Å². The van der Waals surface area contributed by atoms with E-state index in [2.05, 4.69) is 13.8 Å². The molecule has 1 saturated heterocycles. The third-order valence-electron chi connectivity index (χ3n) is 11.7. The van der Waals surface area contributed by atoms with E-state index in [4.69, 9.17) is 4.74 Å². The molecule has 7 fully saturated rings. The molecule has 4 nitrogen and oxygen atoms in total. The molecule has 0 aromatic heterocycles. The summed E-state index contributed by atoms with van der Waals surface area (Å²) in [6, 6.07) is 0. The monoisotopic (exact) mass is 386 g/mol. The first-order valence-electron chi connectivity index (χ1n) is 11.9. The van der Waals surface area contributed by atoms with Crippen LogP contribution < -0.4 is 0 Å². The number of ketones is 1. The van der Waals surface area contributed by atoms with Gasteiger partial charge in [-0.2, -0.15) is 0 Å². The van der Waals surface area contributed by atoms with Crippen molar-refractivity contribution >= 4 is 5.78 Å². The Bertz CT molecular complexity index is 781. The molecule has 0 amide bonds. The lowest BCUT2D eigenvalue weighted by Crippen LogP contribution is -2.65. The number of fused-ring (bicyclic) bond motifs is 12. The molecule has 6 aliphatic carbocycles. The van der Waals surface area contributed by atoms with Gasteiger partial charge in [-0.25, -0.2) is 0 Å². The highest BCUT2D eigenvalue weighted by Crippen LogP contribution is 2.83. The zero-order valence-electron chi connectivity index (χ0n) is 17.2. The second-order valence-corrected chi connectivity index (χ2v) is 12.2. The van der Waals surface area contributed by atoms with Gasteiger partial charge < -0.3 is 14.9 Å². The number of hydrogen-bond acceptors (Lipinski definition) is 4. The summed E-state index contributed by atoms with van der Waals surface area (Å²) in [4.78, 5) is 12.3. The number of carbonyl (C=O) groups is 1. The highest BCUT2D eigenvalue weighted by atomic mass is 16.6. The first-order chi connectivity index (χ1) is 13.3. The Morgan fingerprint density at radius 2 is 1.75 bits per heavy atom. The maximum Gasteiger partial charge on any atom is 0.155 e. The molecule has 1 spiro atoms. The molecule has 1 heterocycles.